The minimum absolute atomic E-state index is 0. The van der Waals surface area contributed by atoms with Crippen molar-refractivity contribution in [2.45, 2.75) is 57.5 Å². The predicted octanol–water partition coefficient (Wildman–Crippen LogP) is 2.87. The van der Waals surface area contributed by atoms with Gasteiger partial charge in [-0.2, -0.15) is 5.26 Å². The summed E-state index contributed by atoms with van der Waals surface area (Å²) in [6.45, 7) is 0. The van der Waals surface area contributed by atoms with Crippen LogP contribution in [-0.4, -0.2) is 11.2 Å². The van der Waals surface area contributed by atoms with Crippen LogP contribution in [0.3, 0.4) is 0 Å². The van der Waals surface area contributed by atoms with E-state index in [0.717, 1.165) is 37.5 Å². The molecule has 0 atom stereocenters. The van der Waals surface area contributed by atoms with E-state index in [4.69, 9.17) is 5.26 Å². The zero-order chi connectivity index (χ0) is 10.7. The van der Waals surface area contributed by atoms with Crippen molar-refractivity contribution in [1.29, 1.82) is 5.26 Å². The molecular formula is C13H21NOYb. The van der Waals surface area contributed by atoms with Gasteiger partial charge in [-0.25, -0.2) is 0 Å². The molecule has 2 aliphatic carbocycles. The van der Waals surface area contributed by atoms with Crippen molar-refractivity contribution in [1.82, 2.24) is 0 Å². The maximum absolute atomic E-state index is 9.46. The van der Waals surface area contributed by atoms with Crippen LogP contribution < -0.4 is 0 Å². The Kier molecular flexibility index (Phi) is 6.96. The summed E-state index contributed by atoms with van der Waals surface area (Å²) in [6, 6.07) is 2.39. The van der Waals surface area contributed by atoms with Gasteiger partial charge in [0, 0.05) is 52.8 Å². The van der Waals surface area contributed by atoms with E-state index in [2.05, 4.69) is 6.07 Å². The molecule has 0 aromatic carbocycles. The Morgan fingerprint density at radius 1 is 0.812 bits per heavy atom. The molecule has 0 aromatic heterocycles. The average Bonchev–Trinajstić information content (AvgIpc) is 2.30. The van der Waals surface area contributed by atoms with Gasteiger partial charge in [-0.3, -0.25) is 0 Å². The first-order valence-electron chi connectivity index (χ1n) is 6.37. The maximum Gasteiger partial charge on any atom is 0.0655 e. The molecule has 0 spiro atoms. The molecule has 0 unspecified atom stereocenters. The molecule has 98 valence electrons. The van der Waals surface area contributed by atoms with Crippen LogP contribution in [0.5, 0.6) is 0 Å². The molecule has 2 aliphatic rings. The van der Waals surface area contributed by atoms with Crippen molar-refractivity contribution in [3.63, 3.8) is 0 Å². The molecule has 0 aliphatic heterocycles. The standard InChI is InChI=1S/C13H21NO.Yb/c14-9-10-1-3-11(4-2-10)12-5-7-13(15)8-6-12;/h10-13,15H,1-8H2;. The van der Waals surface area contributed by atoms with Gasteiger partial charge in [0.05, 0.1) is 12.2 Å². The van der Waals surface area contributed by atoms with Crippen molar-refractivity contribution in [3.8, 4) is 6.07 Å². The molecular weight excluding hydrogens is 359 g/mol. The smallest absolute Gasteiger partial charge is 0.0655 e. The summed E-state index contributed by atoms with van der Waals surface area (Å²) in [5.74, 6) is 2.02. The summed E-state index contributed by atoms with van der Waals surface area (Å²) in [6.07, 6.45) is 9.12. The summed E-state index contributed by atoms with van der Waals surface area (Å²) in [5.41, 5.74) is 0. The minimum atomic E-state index is -0.0308. The summed E-state index contributed by atoms with van der Waals surface area (Å²) in [7, 11) is 0. The largest absolute Gasteiger partial charge is 0.393 e. The number of aliphatic hydroxyl groups is 1. The quantitative estimate of drug-likeness (QED) is 0.760. The second kappa shape index (κ2) is 7.41. The molecule has 0 saturated heterocycles. The molecule has 0 amide bonds. The Labute approximate surface area is 137 Å². The Balaban J connectivity index is 0.00000128. The second-order valence-corrected chi connectivity index (χ2v) is 5.31. The van der Waals surface area contributed by atoms with E-state index >= 15 is 0 Å². The van der Waals surface area contributed by atoms with E-state index in [9.17, 15) is 5.11 Å². The van der Waals surface area contributed by atoms with E-state index in [1.807, 2.05) is 0 Å². The minimum Gasteiger partial charge on any atom is -0.393 e. The average molecular weight is 380 g/mol. The van der Waals surface area contributed by atoms with Gasteiger partial charge in [0.25, 0.3) is 0 Å². The molecule has 1 N–H and O–H groups in total. The Bertz CT molecular complexity index is 235. The van der Waals surface area contributed by atoms with Gasteiger partial charge in [-0.05, 0) is 63.2 Å². The van der Waals surface area contributed by atoms with E-state index in [1.165, 1.54) is 25.7 Å². The Morgan fingerprint density at radius 2 is 1.25 bits per heavy atom. The maximum atomic E-state index is 9.46. The van der Waals surface area contributed by atoms with Gasteiger partial charge in [0.1, 0.15) is 0 Å². The van der Waals surface area contributed by atoms with Crippen LogP contribution in [0.15, 0.2) is 0 Å². The molecule has 2 nitrogen and oxygen atoms in total. The van der Waals surface area contributed by atoms with Crippen LogP contribution in [-0.2, 0) is 0 Å². The zero-order valence-electron chi connectivity index (χ0n) is 9.63. The van der Waals surface area contributed by atoms with Crippen molar-refractivity contribution < 1.29 is 52.0 Å². The summed E-state index contributed by atoms with van der Waals surface area (Å²) >= 11 is 0. The first kappa shape index (κ1) is 15.0. The van der Waals surface area contributed by atoms with E-state index in [0.29, 0.717) is 5.92 Å². The number of rotatable bonds is 1. The van der Waals surface area contributed by atoms with Crippen molar-refractivity contribution in [2.24, 2.45) is 17.8 Å². The number of nitriles is 1. The normalized spacial score (nSPS) is 39.5. The SMILES string of the molecule is N#CC1CCC(C2CCC(O)CC2)CC1.[Yb]. The second-order valence-electron chi connectivity index (χ2n) is 5.31. The molecule has 16 heavy (non-hydrogen) atoms. The van der Waals surface area contributed by atoms with Crippen LogP contribution in [0.2, 0.25) is 0 Å². The molecule has 2 fully saturated rings. The fraction of sp³-hybridized carbons (Fsp3) is 0.923. The number of hydrogen-bond donors (Lipinski definition) is 1. The van der Waals surface area contributed by atoms with Crippen molar-refractivity contribution in [3.05, 3.63) is 0 Å². The van der Waals surface area contributed by atoms with Crippen molar-refractivity contribution in [2.75, 3.05) is 0 Å². The third-order valence-electron chi connectivity index (χ3n) is 4.36. The number of hydrogen-bond acceptors (Lipinski definition) is 2. The van der Waals surface area contributed by atoms with Crippen molar-refractivity contribution >= 4 is 0 Å². The fourth-order valence-corrected chi connectivity index (χ4v) is 3.29. The first-order chi connectivity index (χ1) is 7.29. The third-order valence-corrected chi connectivity index (χ3v) is 4.36. The van der Waals surface area contributed by atoms with Crippen LogP contribution in [0.1, 0.15) is 51.4 Å². The number of aliphatic hydroxyl groups excluding tert-OH is 1. The monoisotopic (exact) mass is 381 g/mol. The third kappa shape index (κ3) is 4.02. The molecule has 2 rings (SSSR count). The predicted molar refractivity (Wildman–Crippen MR) is 59.0 cm³/mol. The molecule has 0 heterocycles. The van der Waals surface area contributed by atoms with Gasteiger partial charge in [-0.1, -0.05) is 0 Å². The zero-order valence-corrected chi connectivity index (χ0v) is 11.3. The van der Waals surface area contributed by atoms with Gasteiger partial charge >= 0.3 is 0 Å². The van der Waals surface area contributed by atoms with Gasteiger partial charge in [-0.15, -0.1) is 0 Å². The van der Waals surface area contributed by atoms with Crippen LogP contribution in [0, 0.1) is 76.0 Å². The van der Waals surface area contributed by atoms with E-state index < -0.39 is 0 Å². The Morgan fingerprint density at radius 3 is 1.69 bits per heavy atom. The van der Waals surface area contributed by atoms with Gasteiger partial charge in [0.2, 0.25) is 0 Å². The Hall–Kier alpha value is 0.969. The fourth-order valence-electron chi connectivity index (χ4n) is 3.29. The van der Waals surface area contributed by atoms with Gasteiger partial charge in [0.15, 0.2) is 0 Å². The van der Waals surface area contributed by atoms with Gasteiger partial charge < -0.3 is 5.11 Å². The molecule has 0 aromatic rings. The summed E-state index contributed by atoms with van der Waals surface area (Å²) < 4.78 is 0. The molecule has 2 saturated carbocycles. The van der Waals surface area contributed by atoms with Crippen LogP contribution in [0.25, 0.3) is 0 Å². The topological polar surface area (TPSA) is 44.0 Å². The molecule has 3 heteroatoms. The van der Waals surface area contributed by atoms with Crippen LogP contribution >= 0.6 is 0 Å². The van der Waals surface area contributed by atoms with Crippen LogP contribution in [0.4, 0.5) is 0 Å². The first-order valence-corrected chi connectivity index (χ1v) is 6.37. The molecule has 0 radical (unpaired) electrons. The number of nitrogens with zero attached hydrogens (tertiary/aromatic N) is 1. The summed E-state index contributed by atoms with van der Waals surface area (Å²) in [4.78, 5) is 0. The van der Waals surface area contributed by atoms with E-state index in [1.54, 1.807) is 0 Å². The van der Waals surface area contributed by atoms with E-state index in [-0.39, 0.29) is 53.0 Å². The summed E-state index contributed by atoms with van der Waals surface area (Å²) in [5, 5.41) is 18.3. The molecule has 0 bridgehead atoms.